The van der Waals surface area contributed by atoms with Crippen molar-refractivity contribution in [3.8, 4) is 0 Å². The van der Waals surface area contributed by atoms with Gasteiger partial charge in [0.2, 0.25) is 5.89 Å². The van der Waals surface area contributed by atoms with E-state index in [4.69, 9.17) is 15.0 Å². The maximum Gasteiger partial charge on any atom is 0.226 e. The second-order valence-electron chi connectivity index (χ2n) is 5.29. The Bertz CT molecular complexity index is 339. The largest absolute Gasteiger partial charge is 0.381 e. The van der Waals surface area contributed by atoms with Gasteiger partial charge in [-0.2, -0.15) is 4.98 Å². The highest BCUT2D eigenvalue weighted by Crippen LogP contribution is 2.15. The number of rotatable bonds is 8. The molecule has 0 bridgehead atoms. The van der Waals surface area contributed by atoms with E-state index in [9.17, 15) is 0 Å². The fraction of sp³-hybridized carbons (Fsp3) is 0.846. The zero-order valence-electron chi connectivity index (χ0n) is 11.8. The molecule has 0 fully saturated rings. The van der Waals surface area contributed by atoms with Crippen molar-refractivity contribution in [3.05, 3.63) is 11.7 Å². The van der Waals surface area contributed by atoms with E-state index in [1.165, 1.54) is 0 Å². The molecule has 1 heterocycles. The Morgan fingerprint density at radius 2 is 2.00 bits per heavy atom. The third-order valence-electron chi connectivity index (χ3n) is 2.98. The van der Waals surface area contributed by atoms with Gasteiger partial charge in [-0.1, -0.05) is 19.0 Å². The predicted molar refractivity (Wildman–Crippen MR) is 70.2 cm³/mol. The van der Waals surface area contributed by atoms with Crippen molar-refractivity contribution >= 4 is 0 Å². The molecule has 0 aliphatic carbocycles. The molecule has 2 atom stereocenters. The first-order valence-electron chi connectivity index (χ1n) is 6.59. The first-order chi connectivity index (χ1) is 8.55. The summed E-state index contributed by atoms with van der Waals surface area (Å²) in [4.78, 5) is 4.38. The highest BCUT2D eigenvalue weighted by Gasteiger charge is 2.15. The fourth-order valence-electron chi connectivity index (χ4n) is 1.97. The molecule has 0 aliphatic rings. The highest BCUT2D eigenvalue weighted by molar-refractivity contribution is 4.90. The smallest absolute Gasteiger partial charge is 0.226 e. The SMILES string of the molecule is COC(C)Cc1noc(CC(CN)CC(C)C)n1. The van der Waals surface area contributed by atoms with Gasteiger partial charge in [-0.05, 0) is 31.7 Å². The summed E-state index contributed by atoms with van der Waals surface area (Å²) in [6.07, 6.45) is 2.64. The van der Waals surface area contributed by atoms with E-state index < -0.39 is 0 Å². The second-order valence-corrected chi connectivity index (χ2v) is 5.29. The molecule has 104 valence electrons. The average Bonchev–Trinajstić information content (AvgIpc) is 2.74. The molecule has 1 aromatic heterocycles. The van der Waals surface area contributed by atoms with Crippen molar-refractivity contribution in [2.75, 3.05) is 13.7 Å². The second kappa shape index (κ2) is 7.48. The van der Waals surface area contributed by atoms with Crippen LogP contribution in [0.2, 0.25) is 0 Å². The average molecular weight is 255 g/mol. The zero-order valence-corrected chi connectivity index (χ0v) is 11.8. The van der Waals surface area contributed by atoms with Crippen LogP contribution in [0.1, 0.15) is 38.9 Å². The van der Waals surface area contributed by atoms with Crippen LogP contribution in [0.25, 0.3) is 0 Å². The molecule has 0 saturated heterocycles. The number of methoxy groups -OCH3 is 1. The van der Waals surface area contributed by atoms with E-state index in [-0.39, 0.29) is 6.10 Å². The first kappa shape index (κ1) is 15.1. The standard InChI is InChI=1S/C13H25N3O2/c1-9(2)5-11(8-14)7-13-15-12(16-18-13)6-10(3)17-4/h9-11H,5-8,14H2,1-4H3. The van der Waals surface area contributed by atoms with Crippen LogP contribution in [0.5, 0.6) is 0 Å². The number of aromatic nitrogens is 2. The predicted octanol–water partition coefficient (Wildman–Crippen LogP) is 1.81. The summed E-state index contributed by atoms with van der Waals surface area (Å²) in [6, 6.07) is 0. The van der Waals surface area contributed by atoms with Gasteiger partial charge >= 0.3 is 0 Å². The Kier molecular flexibility index (Phi) is 6.29. The summed E-state index contributed by atoms with van der Waals surface area (Å²) in [6.45, 7) is 7.03. The van der Waals surface area contributed by atoms with Crippen LogP contribution in [0.4, 0.5) is 0 Å². The lowest BCUT2D eigenvalue weighted by molar-refractivity contribution is 0.116. The molecule has 0 aliphatic heterocycles. The molecule has 1 aromatic rings. The molecule has 1 rings (SSSR count). The summed E-state index contributed by atoms with van der Waals surface area (Å²) in [7, 11) is 1.68. The van der Waals surface area contributed by atoms with Crippen molar-refractivity contribution in [1.82, 2.24) is 10.1 Å². The molecule has 0 aromatic carbocycles. The summed E-state index contributed by atoms with van der Waals surface area (Å²) in [5.74, 6) is 2.44. The lowest BCUT2D eigenvalue weighted by atomic mass is 9.94. The van der Waals surface area contributed by atoms with Gasteiger partial charge in [0.05, 0.1) is 6.10 Å². The van der Waals surface area contributed by atoms with Crippen LogP contribution >= 0.6 is 0 Å². The van der Waals surface area contributed by atoms with E-state index in [1.807, 2.05) is 6.92 Å². The molecule has 0 spiro atoms. The van der Waals surface area contributed by atoms with Crippen molar-refractivity contribution in [2.45, 2.75) is 46.1 Å². The van der Waals surface area contributed by atoms with E-state index in [0.717, 1.165) is 12.8 Å². The summed E-state index contributed by atoms with van der Waals surface area (Å²) in [5.41, 5.74) is 5.77. The molecule has 5 nitrogen and oxygen atoms in total. The van der Waals surface area contributed by atoms with Gasteiger partial charge in [-0.3, -0.25) is 0 Å². The minimum atomic E-state index is 0.108. The van der Waals surface area contributed by atoms with Gasteiger partial charge in [0.15, 0.2) is 5.82 Å². The molecular formula is C13H25N3O2. The number of hydrogen-bond acceptors (Lipinski definition) is 5. The number of nitrogens with two attached hydrogens (primary N) is 1. The maximum atomic E-state index is 5.77. The molecule has 0 radical (unpaired) electrons. The molecule has 0 amide bonds. The minimum absolute atomic E-state index is 0.108. The summed E-state index contributed by atoms with van der Waals surface area (Å²) < 4.78 is 10.4. The molecule has 2 N–H and O–H groups in total. The Morgan fingerprint density at radius 3 is 2.56 bits per heavy atom. The topological polar surface area (TPSA) is 74.2 Å². The van der Waals surface area contributed by atoms with Gasteiger partial charge in [-0.25, -0.2) is 0 Å². The van der Waals surface area contributed by atoms with Crippen molar-refractivity contribution in [2.24, 2.45) is 17.6 Å². The third-order valence-corrected chi connectivity index (χ3v) is 2.98. The Hall–Kier alpha value is -0.940. The number of hydrogen-bond donors (Lipinski definition) is 1. The van der Waals surface area contributed by atoms with Crippen LogP contribution in [0, 0.1) is 11.8 Å². The van der Waals surface area contributed by atoms with E-state index in [2.05, 4.69) is 24.0 Å². The van der Waals surface area contributed by atoms with Gasteiger partial charge in [-0.15, -0.1) is 0 Å². The van der Waals surface area contributed by atoms with Crippen molar-refractivity contribution in [1.29, 1.82) is 0 Å². The molecule has 5 heteroatoms. The van der Waals surface area contributed by atoms with Crippen LogP contribution in [-0.2, 0) is 17.6 Å². The lowest BCUT2D eigenvalue weighted by Crippen LogP contribution is -2.19. The van der Waals surface area contributed by atoms with Gasteiger partial charge in [0.1, 0.15) is 0 Å². The first-order valence-corrected chi connectivity index (χ1v) is 6.59. The fourth-order valence-corrected chi connectivity index (χ4v) is 1.97. The molecule has 0 saturated carbocycles. The van der Waals surface area contributed by atoms with E-state index in [1.54, 1.807) is 7.11 Å². The van der Waals surface area contributed by atoms with Crippen molar-refractivity contribution in [3.63, 3.8) is 0 Å². The highest BCUT2D eigenvalue weighted by atomic mass is 16.5. The van der Waals surface area contributed by atoms with E-state index >= 15 is 0 Å². The van der Waals surface area contributed by atoms with E-state index in [0.29, 0.717) is 36.5 Å². The van der Waals surface area contributed by atoms with Gasteiger partial charge in [0.25, 0.3) is 0 Å². The third kappa shape index (κ3) is 5.14. The van der Waals surface area contributed by atoms with Gasteiger partial charge < -0.3 is 15.0 Å². The molecule has 18 heavy (non-hydrogen) atoms. The minimum Gasteiger partial charge on any atom is -0.381 e. The number of ether oxygens (including phenoxy) is 1. The zero-order chi connectivity index (χ0) is 13.5. The van der Waals surface area contributed by atoms with Crippen LogP contribution < -0.4 is 5.73 Å². The van der Waals surface area contributed by atoms with Crippen LogP contribution in [-0.4, -0.2) is 29.9 Å². The van der Waals surface area contributed by atoms with Gasteiger partial charge in [0, 0.05) is 20.0 Å². The Balaban J connectivity index is 2.51. The number of nitrogens with zero attached hydrogens (tertiary/aromatic N) is 2. The van der Waals surface area contributed by atoms with Crippen LogP contribution in [0.15, 0.2) is 4.52 Å². The van der Waals surface area contributed by atoms with Crippen molar-refractivity contribution < 1.29 is 9.26 Å². The summed E-state index contributed by atoms with van der Waals surface area (Å²) >= 11 is 0. The van der Waals surface area contributed by atoms with Crippen LogP contribution in [0.3, 0.4) is 0 Å². The molecule has 2 unspecified atom stereocenters. The lowest BCUT2D eigenvalue weighted by Gasteiger charge is -2.14. The summed E-state index contributed by atoms with van der Waals surface area (Å²) in [5, 5.41) is 3.96. The molecular weight excluding hydrogens is 230 g/mol. The monoisotopic (exact) mass is 255 g/mol. The quantitative estimate of drug-likeness (QED) is 0.767. The Morgan fingerprint density at radius 1 is 1.28 bits per heavy atom. The Labute approximate surface area is 109 Å². The maximum absolute atomic E-state index is 5.77. The normalized spacial score (nSPS) is 15.0.